The van der Waals surface area contributed by atoms with Gasteiger partial charge in [-0.05, 0) is 6.42 Å². The van der Waals surface area contributed by atoms with Crippen LogP contribution < -0.4 is 11.1 Å². The molecular formula is C7H12N2O3. The molecular weight excluding hydrogens is 160 g/mol. The minimum Gasteiger partial charge on any atom is -0.477 e. The summed E-state index contributed by atoms with van der Waals surface area (Å²) in [5.41, 5.74) is 4.59. The Morgan fingerprint density at radius 2 is 2.17 bits per heavy atom. The van der Waals surface area contributed by atoms with Gasteiger partial charge in [-0.15, -0.1) is 0 Å². The minimum absolute atomic E-state index is 0.163. The molecule has 12 heavy (non-hydrogen) atoms. The predicted octanol–water partition coefficient (Wildman–Crippen LogP) is 0.423. The highest BCUT2D eigenvalue weighted by atomic mass is 16.4. The van der Waals surface area contributed by atoms with Crippen molar-refractivity contribution in [2.45, 2.75) is 19.8 Å². The highest BCUT2D eigenvalue weighted by Crippen LogP contribution is 1.95. The lowest BCUT2D eigenvalue weighted by molar-refractivity contribution is -0.133. The van der Waals surface area contributed by atoms with Crippen molar-refractivity contribution in [2.75, 3.05) is 0 Å². The summed E-state index contributed by atoms with van der Waals surface area (Å²) in [5.74, 6) is -1.18. The monoisotopic (exact) mass is 172 g/mol. The first-order valence-electron chi connectivity index (χ1n) is 3.57. The number of carbonyl (C=O) groups is 2. The van der Waals surface area contributed by atoms with Crippen LogP contribution in [0, 0.1) is 0 Å². The maximum Gasteiger partial charge on any atom is 0.352 e. The van der Waals surface area contributed by atoms with Crippen molar-refractivity contribution in [1.29, 1.82) is 0 Å². The van der Waals surface area contributed by atoms with Gasteiger partial charge in [0.2, 0.25) is 0 Å². The number of hydrogen-bond acceptors (Lipinski definition) is 2. The second-order valence-corrected chi connectivity index (χ2v) is 2.20. The average molecular weight is 172 g/mol. The molecule has 4 N–H and O–H groups in total. The highest BCUT2D eigenvalue weighted by Gasteiger charge is 2.07. The molecule has 5 heteroatoms. The summed E-state index contributed by atoms with van der Waals surface area (Å²) in [5, 5.41) is 10.5. The Balaban J connectivity index is 4.22. The molecule has 0 aromatic rings. The fourth-order valence-corrected chi connectivity index (χ4v) is 0.613. The molecule has 0 aliphatic carbocycles. The smallest absolute Gasteiger partial charge is 0.352 e. The highest BCUT2D eigenvalue weighted by molar-refractivity contribution is 5.91. The number of aliphatic carboxylic acids is 1. The number of carboxylic acids is 1. The maximum atomic E-state index is 10.4. The Morgan fingerprint density at radius 1 is 1.58 bits per heavy atom. The van der Waals surface area contributed by atoms with Gasteiger partial charge in [0.1, 0.15) is 5.70 Å². The molecule has 0 fully saturated rings. The average Bonchev–Trinajstić information content (AvgIpc) is 1.96. The second-order valence-electron chi connectivity index (χ2n) is 2.20. The zero-order valence-corrected chi connectivity index (χ0v) is 6.83. The number of rotatable bonds is 4. The van der Waals surface area contributed by atoms with Gasteiger partial charge in [-0.25, -0.2) is 9.59 Å². The van der Waals surface area contributed by atoms with Crippen molar-refractivity contribution in [3.63, 3.8) is 0 Å². The molecule has 0 aromatic heterocycles. The fraction of sp³-hybridized carbons (Fsp3) is 0.429. The molecule has 0 aromatic carbocycles. The van der Waals surface area contributed by atoms with Crippen molar-refractivity contribution in [3.8, 4) is 0 Å². The van der Waals surface area contributed by atoms with E-state index in [1.54, 1.807) is 0 Å². The van der Waals surface area contributed by atoms with Crippen LogP contribution in [0.1, 0.15) is 19.8 Å². The number of carbonyl (C=O) groups excluding carboxylic acids is 1. The van der Waals surface area contributed by atoms with E-state index in [0.29, 0.717) is 6.42 Å². The lowest BCUT2D eigenvalue weighted by Crippen LogP contribution is -2.31. The number of nitrogens with two attached hydrogens (primary N) is 1. The number of allylic oxidation sites excluding steroid dienone is 1. The number of hydrogen-bond donors (Lipinski definition) is 3. The summed E-state index contributed by atoms with van der Waals surface area (Å²) in [6, 6.07) is -0.861. The van der Waals surface area contributed by atoms with Crippen LogP contribution in [0.3, 0.4) is 0 Å². The van der Waals surface area contributed by atoms with Gasteiger partial charge < -0.3 is 16.2 Å². The topological polar surface area (TPSA) is 92.4 Å². The Bertz CT molecular complexity index is 211. The quantitative estimate of drug-likeness (QED) is 0.536. The van der Waals surface area contributed by atoms with Gasteiger partial charge in [0.05, 0.1) is 0 Å². The Hall–Kier alpha value is -1.52. The van der Waals surface area contributed by atoms with E-state index in [1.165, 1.54) is 6.08 Å². The van der Waals surface area contributed by atoms with Crippen LogP contribution in [0.25, 0.3) is 0 Å². The van der Waals surface area contributed by atoms with E-state index in [2.05, 4.69) is 0 Å². The Kier molecular flexibility index (Phi) is 4.52. The molecule has 0 saturated heterocycles. The van der Waals surface area contributed by atoms with E-state index in [-0.39, 0.29) is 5.70 Å². The van der Waals surface area contributed by atoms with Gasteiger partial charge in [-0.1, -0.05) is 19.4 Å². The van der Waals surface area contributed by atoms with Gasteiger partial charge in [-0.2, -0.15) is 0 Å². The minimum atomic E-state index is -1.18. The molecule has 68 valence electrons. The summed E-state index contributed by atoms with van der Waals surface area (Å²) >= 11 is 0. The van der Waals surface area contributed by atoms with Gasteiger partial charge >= 0.3 is 12.0 Å². The molecule has 0 radical (unpaired) electrons. The third-order valence-corrected chi connectivity index (χ3v) is 1.13. The van der Waals surface area contributed by atoms with Crippen LogP contribution in [0.4, 0.5) is 4.79 Å². The van der Waals surface area contributed by atoms with Crippen LogP contribution in [-0.2, 0) is 4.79 Å². The number of amides is 2. The summed E-state index contributed by atoms with van der Waals surface area (Å²) in [4.78, 5) is 20.7. The van der Waals surface area contributed by atoms with Crippen LogP contribution in [-0.4, -0.2) is 17.1 Å². The zero-order valence-electron chi connectivity index (χ0n) is 6.83. The largest absolute Gasteiger partial charge is 0.477 e. The van der Waals surface area contributed by atoms with Gasteiger partial charge in [0.15, 0.2) is 0 Å². The van der Waals surface area contributed by atoms with Crippen LogP contribution in [0.5, 0.6) is 0 Å². The van der Waals surface area contributed by atoms with Crippen molar-refractivity contribution in [3.05, 3.63) is 11.8 Å². The summed E-state index contributed by atoms with van der Waals surface area (Å²) < 4.78 is 0. The van der Waals surface area contributed by atoms with Crippen molar-refractivity contribution < 1.29 is 14.7 Å². The first-order valence-corrected chi connectivity index (χ1v) is 3.57. The molecule has 0 unspecified atom stereocenters. The Labute approximate surface area is 70.2 Å². The maximum absolute atomic E-state index is 10.4. The van der Waals surface area contributed by atoms with Gasteiger partial charge in [-0.3, -0.25) is 0 Å². The molecule has 0 rings (SSSR count). The van der Waals surface area contributed by atoms with Gasteiger partial charge in [0.25, 0.3) is 0 Å². The van der Waals surface area contributed by atoms with E-state index in [1.807, 2.05) is 12.2 Å². The van der Waals surface area contributed by atoms with Crippen molar-refractivity contribution in [2.24, 2.45) is 5.73 Å². The third kappa shape index (κ3) is 4.32. The second kappa shape index (κ2) is 5.17. The van der Waals surface area contributed by atoms with Crippen molar-refractivity contribution in [1.82, 2.24) is 5.32 Å². The van der Waals surface area contributed by atoms with Gasteiger partial charge in [0, 0.05) is 0 Å². The molecule has 0 spiro atoms. The van der Waals surface area contributed by atoms with E-state index in [9.17, 15) is 9.59 Å². The first-order chi connectivity index (χ1) is 5.57. The number of urea groups is 1. The van der Waals surface area contributed by atoms with Crippen molar-refractivity contribution >= 4 is 12.0 Å². The van der Waals surface area contributed by atoms with E-state index in [4.69, 9.17) is 10.8 Å². The zero-order chi connectivity index (χ0) is 9.56. The summed E-state index contributed by atoms with van der Waals surface area (Å²) in [7, 11) is 0. The number of carboxylic acid groups (broad SMARTS) is 1. The molecule has 0 bridgehead atoms. The molecule has 0 aliphatic rings. The summed E-state index contributed by atoms with van der Waals surface area (Å²) in [6.45, 7) is 1.90. The third-order valence-electron chi connectivity index (χ3n) is 1.13. The first kappa shape index (κ1) is 10.5. The lowest BCUT2D eigenvalue weighted by atomic mass is 10.3. The molecule has 0 saturated carbocycles. The SMILES string of the molecule is CCC/C=C(/NC(N)=O)C(=O)O. The Morgan fingerprint density at radius 3 is 2.50 bits per heavy atom. The predicted molar refractivity (Wildman–Crippen MR) is 43.3 cm³/mol. The van der Waals surface area contributed by atoms with E-state index >= 15 is 0 Å². The fourth-order valence-electron chi connectivity index (χ4n) is 0.613. The number of unbranched alkanes of at least 4 members (excludes halogenated alkanes) is 1. The molecule has 5 nitrogen and oxygen atoms in total. The van der Waals surface area contributed by atoms with Crippen LogP contribution in [0.2, 0.25) is 0 Å². The molecule has 0 atom stereocenters. The molecule has 2 amide bonds. The lowest BCUT2D eigenvalue weighted by Gasteiger charge is -2.00. The van der Waals surface area contributed by atoms with E-state index in [0.717, 1.165) is 6.42 Å². The van der Waals surface area contributed by atoms with Crippen LogP contribution >= 0.6 is 0 Å². The molecule has 0 aliphatic heterocycles. The number of nitrogens with one attached hydrogen (secondary N) is 1. The normalized spacial score (nSPS) is 10.9. The van der Waals surface area contributed by atoms with E-state index < -0.39 is 12.0 Å². The molecule has 0 heterocycles. The van der Waals surface area contributed by atoms with Crippen LogP contribution in [0.15, 0.2) is 11.8 Å². The summed E-state index contributed by atoms with van der Waals surface area (Å²) in [6.07, 6.45) is 2.84. The number of primary amides is 1. The standard InChI is InChI=1S/C7H12N2O3/c1-2-3-4-5(6(10)11)9-7(8)12/h4H,2-3H2,1H3,(H,10,11)(H3,8,9,12)/b5-4+.